The van der Waals surface area contributed by atoms with Crippen LogP contribution in [-0.2, 0) is 24.8 Å². The van der Waals surface area contributed by atoms with Crippen molar-refractivity contribution in [2.45, 2.75) is 18.7 Å². The molecule has 0 saturated heterocycles. The fourth-order valence-corrected chi connectivity index (χ4v) is 4.54. The van der Waals surface area contributed by atoms with Crippen LogP contribution in [-0.4, -0.2) is 42.6 Å². The molecule has 152 valence electrons. The van der Waals surface area contributed by atoms with Crippen molar-refractivity contribution < 1.29 is 21.6 Å². The van der Waals surface area contributed by atoms with Crippen LogP contribution in [0.1, 0.15) is 11.1 Å². The molecule has 0 spiro atoms. The molecule has 0 unspecified atom stereocenters. The number of sulfonamides is 2. The molecule has 2 aromatic carbocycles. The molecule has 8 nitrogen and oxygen atoms in total. The zero-order valence-electron chi connectivity index (χ0n) is 16.1. The Morgan fingerprint density at radius 2 is 1.64 bits per heavy atom. The van der Waals surface area contributed by atoms with Gasteiger partial charge in [0, 0.05) is 5.69 Å². The maximum atomic E-state index is 12.5. The Hall–Kier alpha value is -2.43. The summed E-state index contributed by atoms with van der Waals surface area (Å²) < 4.78 is 51.8. The van der Waals surface area contributed by atoms with Crippen LogP contribution in [0.2, 0.25) is 0 Å². The molecule has 0 atom stereocenters. The SMILES string of the molecule is CNS(=O)(=O)c1cc(NC(=O)CN(c2ccccc2C)S(C)(=O)=O)ccc1C. The molecule has 2 rings (SSSR count). The van der Waals surface area contributed by atoms with Crippen molar-refractivity contribution in [2.24, 2.45) is 0 Å². The van der Waals surface area contributed by atoms with Gasteiger partial charge in [0.2, 0.25) is 26.0 Å². The molecule has 2 N–H and O–H groups in total. The largest absolute Gasteiger partial charge is 0.324 e. The molecule has 28 heavy (non-hydrogen) atoms. The lowest BCUT2D eigenvalue weighted by Crippen LogP contribution is -2.37. The predicted octanol–water partition coefficient (Wildman–Crippen LogP) is 1.62. The van der Waals surface area contributed by atoms with Gasteiger partial charge in [-0.05, 0) is 50.2 Å². The van der Waals surface area contributed by atoms with E-state index in [0.29, 0.717) is 16.8 Å². The van der Waals surface area contributed by atoms with Gasteiger partial charge in [0.15, 0.2) is 0 Å². The summed E-state index contributed by atoms with van der Waals surface area (Å²) >= 11 is 0. The van der Waals surface area contributed by atoms with Gasteiger partial charge in [-0.3, -0.25) is 9.10 Å². The number of benzene rings is 2. The van der Waals surface area contributed by atoms with E-state index >= 15 is 0 Å². The van der Waals surface area contributed by atoms with E-state index in [1.54, 1.807) is 50.2 Å². The first-order valence-corrected chi connectivity index (χ1v) is 11.7. The number of hydrogen-bond donors (Lipinski definition) is 2. The highest BCUT2D eigenvalue weighted by atomic mass is 32.2. The molecular formula is C18H23N3O5S2. The number of aryl methyl sites for hydroxylation is 2. The van der Waals surface area contributed by atoms with Crippen LogP contribution < -0.4 is 14.3 Å². The maximum Gasteiger partial charge on any atom is 0.245 e. The molecule has 0 radical (unpaired) electrons. The van der Waals surface area contributed by atoms with Crippen molar-refractivity contribution in [1.82, 2.24) is 4.72 Å². The summed E-state index contributed by atoms with van der Waals surface area (Å²) in [7, 11) is -6.10. The highest BCUT2D eigenvalue weighted by Gasteiger charge is 2.23. The predicted molar refractivity (Wildman–Crippen MR) is 109 cm³/mol. The summed E-state index contributed by atoms with van der Waals surface area (Å²) in [5.74, 6) is -0.592. The second-order valence-corrected chi connectivity index (χ2v) is 10.1. The van der Waals surface area contributed by atoms with Crippen LogP contribution in [0.4, 0.5) is 11.4 Å². The molecule has 0 fully saturated rings. The van der Waals surface area contributed by atoms with Crippen molar-refractivity contribution >= 4 is 37.3 Å². The number of anilines is 2. The Balaban J connectivity index is 2.30. The number of para-hydroxylation sites is 1. The molecule has 0 aromatic heterocycles. The third-order valence-electron chi connectivity index (χ3n) is 4.10. The number of carbonyl (C=O) groups excluding carboxylic acids is 1. The first-order chi connectivity index (χ1) is 13.0. The molecule has 0 bridgehead atoms. The summed E-state index contributed by atoms with van der Waals surface area (Å²) in [5, 5.41) is 2.56. The highest BCUT2D eigenvalue weighted by molar-refractivity contribution is 7.92. The standard InChI is InChI=1S/C18H23N3O5S2/c1-13-7-5-6-8-16(13)21(27(4,23)24)12-18(22)20-15-10-9-14(2)17(11-15)28(25,26)19-3/h5-11,19H,12H2,1-4H3,(H,20,22). The molecule has 2 aromatic rings. The molecule has 0 aliphatic heterocycles. The molecule has 1 amide bonds. The minimum atomic E-state index is -3.70. The summed E-state index contributed by atoms with van der Waals surface area (Å²) in [6, 6.07) is 11.3. The van der Waals surface area contributed by atoms with E-state index in [1.807, 2.05) is 0 Å². The maximum absolute atomic E-state index is 12.5. The first-order valence-electron chi connectivity index (χ1n) is 8.33. The number of hydrogen-bond acceptors (Lipinski definition) is 5. The minimum Gasteiger partial charge on any atom is -0.324 e. The van der Waals surface area contributed by atoms with Gasteiger partial charge in [0.1, 0.15) is 6.54 Å². The second kappa shape index (κ2) is 8.29. The quantitative estimate of drug-likeness (QED) is 0.700. The monoisotopic (exact) mass is 425 g/mol. The van der Waals surface area contributed by atoms with Crippen molar-refractivity contribution in [3.05, 3.63) is 53.6 Å². The Bertz CT molecular complexity index is 1100. The van der Waals surface area contributed by atoms with Crippen molar-refractivity contribution in [1.29, 1.82) is 0 Å². The third-order valence-corrected chi connectivity index (χ3v) is 6.78. The van der Waals surface area contributed by atoms with E-state index in [1.165, 1.54) is 13.1 Å². The Kier molecular flexibility index (Phi) is 6.48. The molecule has 0 heterocycles. The van der Waals surface area contributed by atoms with Crippen LogP contribution in [0.3, 0.4) is 0 Å². The lowest BCUT2D eigenvalue weighted by Gasteiger charge is -2.23. The summed E-state index contributed by atoms with van der Waals surface area (Å²) in [5.41, 5.74) is 1.88. The van der Waals surface area contributed by atoms with E-state index in [4.69, 9.17) is 0 Å². The van der Waals surface area contributed by atoms with E-state index in [9.17, 15) is 21.6 Å². The van der Waals surface area contributed by atoms with E-state index in [2.05, 4.69) is 10.0 Å². The summed E-state index contributed by atoms with van der Waals surface area (Å²) in [4.78, 5) is 12.5. The summed E-state index contributed by atoms with van der Waals surface area (Å²) in [6.45, 7) is 2.95. The van der Waals surface area contributed by atoms with Crippen LogP contribution in [0.25, 0.3) is 0 Å². The fraction of sp³-hybridized carbons (Fsp3) is 0.278. The topological polar surface area (TPSA) is 113 Å². The van der Waals surface area contributed by atoms with Crippen LogP contribution in [0, 0.1) is 13.8 Å². The highest BCUT2D eigenvalue weighted by Crippen LogP contribution is 2.23. The minimum absolute atomic E-state index is 0.0340. The van der Waals surface area contributed by atoms with Crippen molar-refractivity contribution in [3.63, 3.8) is 0 Å². The number of rotatable bonds is 7. The average molecular weight is 426 g/mol. The lowest BCUT2D eigenvalue weighted by molar-refractivity contribution is -0.114. The smallest absolute Gasteiger partial charge is 0.245 e. The van der Waals surface area contributed by atoms with Crippen molar-refractivity contribution in [3.8, 4) is 0 Å². The van der Waals surface area contributed by atoms with Gasteiger partial charge in [-0.2, -0.15) is 0 Å². The van der Waals surface area contributed by atoms with Crippen LogP contribution >= 0.6 is 0 Å². The molecule has 0 saturated carbocycles. The van der Waals surface area contributed by atoms with Gasteiger partial charge in [-0.25, -0.2) is 21.6 Å². The second-order valence-electron chi connectivity index (χ2n) is 6.29. The lowest BCUT2D eigenvalue weighted by atomic mass is 10.2. The Morgan fingerprint density at radius 1 is 1.00 bits per heavy atom. The number of amides is 1. The summed E-state index contributed by atoms with van der Waals surface area (Å²) in [6.07, 6.45) is 1.02. The zero-order valence-corrected chi connectivity index (χ0v) is 17.7. The first kappa shape index (κ1) is 21.9. The number of nitrogens with one attached hydrogen (secondary N) is 2. The van der Waals surface area contributed by atoms with Gasteiger partial charge >= 0.3 is 0 Å². The Labute approximate surface area is 165 Å². The molecule has 10 heteroatoms. The third kappa shape index (κ3) is 5.09. The number of nitrogens with zero attached hydrogens (tertiary/aromatic N) is 1. The average Bonchev–Trinajstić information content (AvgIpc) is 2.61. The number of carbonyl (C=O) groups is 1. The molecule has 0 aliphatic carbocycles. The van der Waals surface area contributed by atoms with Gasteiger partial charge < -0.3 is 5.32 Å². The van der Waals surface area contributed by atoms with Gasteiger partial charge in [-0.1, -0.05) is 24.3 Å². The Morgan fingerprint density at radius 3 is 2.21 bits per heavy atom. The zero-order chi connectivity index (χ0) is 21.1. The van der Waals surface area contributed by atoms with Gasteiger partial charge in [-0.15, -0.1) is 0 Å². The van der Waals surface area contributed by atoms with E-state index in [0.717, 1.165) is 10.6 Å². The normalized spacial score (nSPS) is 11.9. The van der Waals surface area contributed by atoms with Crippen LogP contribution in [0.15, 0.2) is 47.4 Å². The van der Waals surface area contributed by atoms with Crippen LogP contribution in [0.5, 0.6) is 0 Å². The fourth-order valence-electron chi connectivity index (χ4n) is 2.63. The molecule has 0 aliphatic rings. The molecular weight excluding hydrogens is 402 g/mol. The van der Waals surface area contributed by atoms with E-state index in [-0.39, 0.29) is 10.6 Å². The van der Waals surface area contributed by atoms with Gasteiger partial charge in [0.05, 0.1) is 16.8 Å². The van der Waals surface area contributed by atoms with Crippen molar-refractivity contribution in [2.75, 3.05) is 29.5 Å². The van der Waals surface area contributed by atoms with E-state index < -0.39 is 32.5 Å². The van der Waals surface area contributed by atoms with Gasteiger partial charge in [0.25, 0.3) is 0 Å².